The Morgan fingerprint density at radius 2 is 1.64 bits per heavy atom. The van der Waals surface area contributed by atoms with Crippen molar-refractivity contribution in [2.24, 2.45) is 0 Å². The largest absolute Gasteiger partial charge is 0.465 e. The molecule has 0 aromatic heterocycles. The molecule has 6 heteroatoms. The molecular formula is C22H23NO5. The first-order chi connectivity index (χ1) is 13.5. The van der Waals surface area contributed by atoms with Gasteiger partial charge in [-0.15, -0.1) is 0 Å². The van der Waals surface area contributed by atoms with Gasteiger partial charge >= 0.3 is 11.9 Å². The molecule has 1 N–H and O–H groups in total. The Morgan fingerprint density at radius 1 is 0.964 bits per heavy atom. The molecule has 0 aliphatic carbocycles. The first kappa shape index (κ1) is 20.9. The van der Waals surface area contributed by atoms with Crippen LogP contribution >= 0.6 is 0 Å². The molecule has 28 heavy (non-hydrogen) atoms. The quantitative estimate of drug-likeness (QED) is 0.561. The summed E-state index contributed by atoms with van der Waals surface area (Å²) in [6.07, 6.45) is 1.67. The summed E-state index contributed by atoms with van der Waals surface area (Å²) in [5.41, 5.74) is 2.53. The predicted octanol–water partition coefficient (Wildman–Crippen LogP) is 3.13. The van der Waals surface area contributed by atoms with Gasteiger partial charge in [0, 0.05) is 5.57 Å². The van der Waals surface area contributed by atoms with E-state index in [2.05, 4.69) is 5.32 Å². The Hall–Kier alpha value is -3.41. The SMILES string of the molecule is CCOC(=O)CNC(=O)/C(C)=C/c1ccc(C(=O)OCc2ccccc2)cc1. The second-order valence-electron chi connectivity index (χ2n) is 6.00. The van der Waals surface area contributed by atoms with Crippen molar-refractivity contribution in [1.82, 2.24) is 5.32 Å². The van der Waals surface area contributed by atoms with Gasteiger partial charge in [0.2, 0.25) is 5.91 Å². The van der Waals surface area contributed by atoms with Crippen LogP contribution in [0.25, 0.3) is 6.08 Å². The van der Waals surface area contributed by atoms with Crippen molar-refractivity contribution in [3.05, 3.63) is 76.9 Å². The number of benzene rings is 2. The lowest BCUT2D eigenvalue weighted by molar-refractivity contribution is -0.143. The molecule has 0 spiro atoms. The molecule has 0 heterocycles. The van der Waals surface area contributed by atoms with Crippen molar-refractivity contribution in [3.63, 3.8) is 0 Å². The van der Waals surface area contributed by atoms with Gasteiger partial charge in [0.15, 0.2) is 0 Å². The molecule has 0 aliphatic rings. The van der Waals surface area contributed by atoms with Crippen molar-refractivity contribution in [3.8, 4) is 0 Å². The highest BCUT2D eigenvalue weighted by atomic mass is 16.5. The average molecular weight is 381 g/mol. The molecule has 1 amide bonds. The molecule has 0 aliphatic heterocycles. The maximum Gasteiger partial charge on any atom is 0.338 e. The molecule has 0 saturated heterocycles. The van der Waals surface area contributed by atoms with Crippen molar-refractivity contribution in [2.75, 3.05) is 13.2 Å². The smallest absolute Gasteiger partial charge is 0.338 e. The number of esters is 2. The summed E-state index contributed by atoms with van der Waals surface area (Å²) in [6.45, 7) is 3.64. The third-order valence-corrected chi connectivity index (χ3v) is 3.80. The van der Waals surface area contributed by atoms with E-state index in [4.69, 9.17) is 9.47 Å². The third-order valence-electron chi connectivity index (χ3n) is 3.80. The van der Waals surface area contributed by atoms with E-state index in [1.807, 2.05) is 30.3 Å². The van der Waals surface area contributed by atoms with Crippen molar-refractivity contribution in [1.29, 1.82) is 0 Å². The molecule has 0 atom stereocenters. The topological polar surface area (TPSA) is 81.7 Å². The molecule has 6 nitrogen and oxygen atoms in total. The molecule has 0 saturated carbocycles. The number of rotatable bonds is 8. The summed E-state index contributed by atoms with van der Waals surface area (Å²) in [7, 11) is 0. The van der Waals surface area contributed by atoms with E-state index in [9.17, 15) is 14.4 Å². The Bertz CT molecular complexity index is 841. The molecular weight excluding hydrogens is 358 g/mol. The van der Waals surface area contributed by atoms with E-state index in [0.717, 1.165) is 11.1 Å². The van der Waals surface area contributed by atoms with Crippen LogP contribution in [0, 0.1) is 0 Å². The fourth-order valence-corrected chi connectivity index (χ4v) is 2.34. The minimum Gasteiger partial charge on any atom is -0.465 e. The van der Waals surface area contributed by atoms with Gasteiger partial charge in [0.1, 0.15) is 13.2 Å². The summed E-state index contributed by atoms with van der Waals surface area (Å²) in [4.78, 5) is 35.4. The van der Waals surface area contributed by atoms with Gasteiger partial charge in [-0.2, -0.15) is 0 Å². The summed E-state index contributed by atoms with van der Waals surface area (Å²) in [5, 5.41) is 2.49. The second-order valence-corrected chi connectivity index (χ2v) is 6.00. The number of hydrogen-bond acceptors (Lipinski definition) is 5. The van der Waals surface area contributed by atoms with Crippen LogP contribution in [0.3, 0.4) is 0 Å². The molecule has 2 aromatic rings. The highest BCUT2D eigenvalue weighted by molar-refractivity contribution is 5.98. The standard InChI is InChI=1S/C22H23NO5/c1-3-27-20(24)14-23-21(25)16(2)13-17-9-11-19(12-10-17)22(26)28-15-18-7-5-4-6-8-18/h4-13H,3,14-15H2,1-2H3,(H,23,25)/b16-13+. The van der Waals surface area contributed by atoms with Crippen molar-refractivity contribution >= 4 is 23.9 Å². The fraction of sp³-hybridized carbons (Fsp3) is 0.227. The number of carbonyl (C=O) groups excluding carboxylic acids is 3. The Kier molecular flexibility index (Phi) is 7.96. The van der Waals surface area contributed by atoms with Crippen LogP contribution < -0.4 is 5.32 Å². The molecule has 0 radical (unpaired) electrons. The van der Waals surface area contributed by atoms with Crippen LogP contribution in [0.4, 0.5) is 0 Å². The van der Waals surface area contributed by atoms with Gasteiger partial charge < -0.3 is 14.8 Å². The Morgan fingerprint density at radius 3 is 2.29 bits per heavy atom. The van der Waals surface area contributed by atoms with Crippen molar-refractivity contribution < 1.29 is 23.9 Å². The fourth-order valence-electron chi connectivity index (χ4n) is 2.34. The van der Waals surface area contributed by atoms with E-state index in [1.165, 1.54) is 0 Å². The zero-order valence-corrected chi connectivity index (χ0v) is 15.9. The van der Waals surface area contributed by atoms with E-state index in [0.29, 0.717) is 11.1 Å². The van der Waals surface area contributed by atoms with Crippen LogP contribution in [-0.2, 0) is 25.7 Å². The highest BCUT2D eigenvalue weighted by Gasteiger charge is 2.09. The lowest BCUT2D eigenvalue weighted by Crippen LogP contribution is -2.31. The van der Waals surface area contributed by atoms with Gasteiger partial charge in [0.05, 0.1) is 12.2 Å². The minimum absolute atomic E-state index is 0.177. The monoisotopic (exact) mass is 381 g/mol. The molecule has 0 fully saturated rings. The van der Waals surface area contributed by atoms with Gasteiger partial charge in [0.25, 0.3) is 0 Å². The lowest BCUT2D eigenvalue weighted by Gasteiger charge is -2.06. The van der Waals surface area contributed by atoms with Gasteiger partial charge in [-0.05, 0) is 43.2 Å². The predicted molar refractivity (Wildman–Crippen MR) is 105 cm³/mol. The van der Waals surface area contributed by atoms with Crippen LogP contribution in [0.2, 0.25) is 0 Å². The summed E-state index contributed by atoms with van der Waals surface area (Å²) >= 11 is 0. The Labute approximate surface area is 164 Å². The zero-order valence-electron chi connectivity index (χ0n) is 15.9. The van der Waals surface area contributed by atoms with Gasteiger partial charge in [-0.25, -0.2) is 4.79 Å². The molecule has 2 aromatic carbocycles. The maximum atomic E-state index is 12.1. The molecule has 2 rings (SSSR count). The van der Waals surface area contributed by atoms with Gasteiger partial charge in [-0.3, -0.25) is 9.59 Å². The highest BCUT2D eigenvalue weighted by Crippen LogP contribution is 2.11. The average Bonchev–Trinajstić information content (AvgIpc) is 2.71. The van der Waals surface area contributed by atoms with E-state index < -0.39 is 11.9 Å². The number of hydrogen-bond donors (Lipinski definition) is 1. The van der Waals surface area contributed by atoms with Gasteiger partial charge in [-0.1, -0.05) is 42.5 Å². The number of amides is 1. The van der Waals surface area contributed by atoms with Crippen LogP contribution in [0.15, 0.2) is 60.2 Å². The summed E-state index contributed by atoms with van der Waals surface area (Å²) in [6, 6.07) is 16.2. The van der Waals surface area contributed by atoms with Crippen molar-refractivity contribution in [2.45, 2.75) is 20.5 Å². The first-order valence-corrected chi connectivity index (χ1v) is 8.93. The van der Waals surface area contributed by atoms with Crippen LogP contribution in [0.1, 0.15) is 35.3 Å². The molecule has 146 valence electrons. The number of carbonyl (C=O) groups is 3. The van der Waals surface area contributed by atoms with E-state index in [-0.39, 0.29) is 25.7 Å². The zero-order chi connectivity index (χ0) is 20.4. The minimum atomic E-state index is -0.484. The third kappa shape index (κ3) is 6.72. The van der Waals surface area contributed by atoms with Crippen LogP contribution in [-0.4, -0.2) is 31.0 Å². The number of ether oxygens (including phenoxy) is 2. The van der Waals surface area contributed by atoms with E-state index >= 15 is 0 Å². The molecule has 0 unspecified atom stereocenters. The van der Waals surface area contributed by atoms with Crippen LogP contribution in [0.5, 0.6) is 0 Å². The summed E-state index contributed by atoms with van der Waals surface area (Å²) < 4.78 is 10.0. The lowest BCUT2D eigenvalue weighted by atomic mass is 10.1. The Balaban J connectivity index is 1.90. The number of nitrogens with one attached hydrogen (secondary N) is 1. The second kappa shape index (κ2) is 10.7. The molecule has 0 bridgehead atoms. The normalized spacial score (nSPS) is 10.9. The first-order valence-electron chi connectivity index (χ1n) is 8.93. The summed E-state index contributed by atoms with van der Waals surface area (Å²) in [5.74, 6) is -1.26. The maximum absolute atomic E-state index is 12.1. The van der Waals surface area contributed by atoms with E-state index in [1.54, 1.807) is 44.2 Å².